The molecule has 0 radical (unpaired) electrons. The molecule has 2 rings (SSSR count). The van der Waals surface area contributed by atoms with Crippen LogP contribution in [0.5, 0.6) is 5.75 Å². The number of benzene rings is 1. The van der Waals surface area contributed by atoms with E-state index in [9.17, 15) is 5.11 Å². The van der Waals surface area contributed by atoms with Crippen LogP contribution in [-0.2, 0) is 5.60 Å². The number of ether oxygens (including phenoxy) is 1. The third kappa shape index (κ3) is 3.73. The topological polar surface area (TPSA) is 29.5 Å². The van der Waals surface area contributed by atoms with Gasteiger partial charge in [-0.15, -0.1) is 0 Å². The van der Waals surface area contributed by atoms with Crippen molar-refractivity contribution >= 4 is 0 Å². The monoisotopic (exact) mass is 302 g/mol. The molecule has 1 aliphatic carbocycles. The van der Waals surface area contributed by atoms with Gasteiger partial charge < -0.3 is 9.84 Å². The van der Waals surface area contributed by atoms with Crippen molar-refractivity contribution in [2.24, 2.45) is 5.41 Å². The quantitative estimate of drug-likeness (QED) is 0.757. The van der Waals surface area contributed by atoms with Gasteiger partial charge in [0.05, 0.1) is 12.7 Å². The predicted molar refractivity (Wildman–Crippen MR) is 92.1 cm³/mol. The number of rotatable bonds is 5. The molecule has 2 nitrogen and oxygen atoms in total. The lowest BCUT2D eigenvalue weighted by Crippen LogP contribution is -2.25. The summed E-state index contributed by atoms with van der Waals surface area (Å²) in [6, 6.07) is 7.78. The third-order valence-electron chi connectivity index (χ3n) is 5.24. The van der Waals surface area contributed by atoms with E-state index in [2.05, 4.69) is 20.8 Å². The molecule has 0 aliphatic heterocycles. The third-order valence-corrected chi connectivity index (χ3v) is 5.24. The summed E-state index contributed by atoms with van der Waals surface area (Å²) in [5.41, 5.74) is 3.45. The van der Waals surface area contributed by atoms with Crippen LogP contribution >= 0.6 is 0 Å². The summed E-state index contributed by atoms with van der Waals surface area (Å²) in [4.78, 5) is 0. The lowest BCUT2D eigenvalue weighted by atomic mass is 9.70. The van der Waals surface area contributed by atoms with Crippen LogP contribution in [0.1, 0.15) is 65.4 Å². The summed E-state index contributed by atoms with van der Waals surface area (Å²) in [7, 11) is 1.66. The predicted octanol–water partition coefficient (Wildman–Crippen LogP) is 5.21. The molecule has 1 aromatic rings. The molecular formula is C20H30O2. The van der Waals surface area contributed by atoms with E-state index in [1.807, 2.05) is 31.2 Å². The van der Waals surface area contributed by atoms with Crippen LogP contribution in [0.2, 0.25) is 0 Å². The first-order chi connectivity index (χ1) is 10.3. The highest BCUT2D eigenvalue weighted by molar-refractivity contribution is 5.32. The SMILES string of the molecule is COc1cccc(C(C)(O)CCC2=C(C)CCCC2(C)C)c1. The van der Waals surface area contributed by atoms with Gasteiger partial charge in [-0.25, -0.2) is 0 Å². The first-order valence-electron chi connectivity index (χ1n) is 8.32. The van der Waals surface area contributed by atoms with Gasteiger partial charge in [-0.3, -0.25) is 0 Å². The van der Waals surface area contributed by atoms with Gasteiger partial charge in [0.25, 0.3) is 0 Å². The van der Waals surface area contributed by atoms with E-state index in [1.165, 1.54) is 24.8 Å². The molecule has 0 fully saturated rings. The molecule has 0 heterocycles. The molecule has 1 N–H and O–H groups in total. The first-order valence-corrected chi connectivity index (χ1v) is 8.32. The van der Waals surface area contributed by atoms with Gasteiger partial charge in [-0.2, -0.15) is 0 Å². The second kappa shape index (κ2) is 6.45. The van der Waals surface area contributed by atoms with Crippen molar-refractivity contribution < 1.29 is 9.84 Å². The van der Waals surface area contributed by atoms with Gasteiger partial charge in [0, 0.05) is 0 Å². The Kier molecular flexibility index (Phi) is 5.01. The number of allylic oxidation sites excluding steroid dienone is 2. The Morgan fingerprint density at radius 2 is 2.05 bits per heavy atom. The summed E-state index contributed by atoms with van der Waals surface area (Å²) in [5.74, 6) is 0.797. The molecule has 0 aromatic heterocycles. The average Bonchev–Trinajstić information content (AvgIpc) is 2.46. The van der Waals surface area contributed by atoms with Gasteiger partial charge >= 0.3 is 0 Å². The van der Waals surface area contributed by atoms with Gasteiger partial charge in [0.15, 0.2) is 0 Å². The van der Waals surface area contributed by atoms with Gasteiger partial charge in [0.1, 0.15) is 5.75 Å². The highest BCUT2D eigenvalue weighted by atomic mass is 16.5. The van der Waals surface area contributed by atoms with Crippen molar-refractivity contribution in [3.8, 4) is 5.75 Å². The molecule has 0 saturated heterocycles. The molecule has 22 heavy (non-hydrogen) atoms. The largest absolute Gasteiger partial charge is 0.497 e. The molecule has 122 valence electrons. The fraction of sp³-hybridized carbons (Fsp3) is 0.600. The number of methoxy groups -OCH3 is 1. The zero-order chi connectivity index (χ0) is 16.4. The lowest BCUT2D eigenvalue weighted by Gasteiger charge is -2.36. The fourth-order valence-corrected chi connectivity index (χ4v) is 3.70. The Bertz CT molecular complexity index is 553. The standard InChI is InChI=1S/C20H30O2/c1-15-8-7-12-19(2,3)18(15)11-13-20(4,21)16-9-6-10-17(14-16)22-5/h6,9-10,14,21H,7-8,11-13H2,1-5H3. The normalized spacial score (nSPS) is 20.6. The second-order valence-electron chi connectivity index (χ2n) is 7.50. The van der Waals surface area contributed by atoms with E-state index in [4.69, 9.17) is 4.74 Å². The molecule has 1 aliphatic rings. The van der Waals surface area contributed by atoms with E-state index in [1.54, 1.807) is 12.7 Å². The Labute approximate surface area is 135 Å². The zero-order valence-electron chi connectivity index (χ0n) is 14.7. The van der Waals surface area contributed by atoms with Crippen LogP contribution in [0.25, 0.3) is 0 Å². The molecule has 0 spiro atoms. The average molecular weight is 302 g/mol. The van der Waals surface area contributed by atoms with Crippen molar-refractivity contribution in [3.63, 3.8) is 0 Å². The summed E-state index contributed by atoms with van der Waals surface area (Å²) >= 11 is 0. The Morgan fingerprint density at radius 3 is 2.68 bits per heavy atom. The number of aliphatic hydroxyl groups is 1. The van der Waals surface area contributed by atoms with Crippen LogP contribution in [-0.4, -0.2) is 12.2 Å². The van der Waals surface area contributed by atoms with Gasteiger partial charge in [-0.1, -0.05) is 37.1 Å². The lowest BCUT2D eigenvalue weighted by molar-refractivity contribution is 0.0461. The Balaban J connectivity index is 2.15. The molecule has 2 heteroatoms. The van der Waals surface area contributed by atoms with Crippen LogP contribution in [0, 0.1) is 5.41 Å². The Hall–Kier alpha value is -1.28. The van der Waals surface area contributed by atoms with Crippen molar-refractivity contribution in [1.82, 2.24) is 0 Å². The first kappa shape index (κ1) is 17.1. The highest BCUT2D eigenvalue weighted by Gasteiger charge is 2.31. The van der Waals surface area contributed by atoms with E-state index in [-0.39, 0.29) is 5.41 Å². The summed E-state index contributed by atoms with van der Waals surface area (Å²) in [6.07, 6.45) is 5.45. The smallest absolute Gasteiger partial charge is 0.119 e. The fourth-order valence-electron chi connectivity index (χ4n) is 3.70. The van der Waals surface area contributed by atoms with E-state index < -0.39 is 5.60 Å². The minimum absolute atomic E-state index is 0.271. The zero-order valence-corrected chi connectivity index (χ0v) is 14.7. The van der Waals surface area contributed by atoms with Crippen LogP contribution in [0.3, 0.4) is 0 Å². The minimum atomic E-state index is -0.824. The molecule has 1 unspecified atom stereocenters. The second-order valence-corrected chi connectivity index (χ2v) is 7.50. The van der Waals surface area contributed by atoms with Gasteiger partial charge in [0.2, 0.25) is 0 Å². The maximum Gasteiger partial charge on any atom is 0.119 e. The summed E-state index contributed by atoms with van der Waals surface area (Å²) in [6.45, 7) is 8.85. The van der Waals surface area contributed by atoms with Gasteiger partial charge in [-0.05, 0) is 69.1 Å². The molecule has 0 amide bonds. The van der Waals surface area contributed by atoms with Crippen LogP contribution in [0.4, 0.5) is 0 Å². The molecule has 0 bridgehead atoms. The van der Waals surface area contributed by atoms with E-state index in [0.717, 1.165) is 24.2 Å². The van der Waals surface area contributed by atoms with E-state index >= 15 is 0 Å². The van der Waals surface area contributed by atoms with E-state index in [0.29, 0.717) is 0 Å². The minimum Gasteiger partial charge on any atom is -0.497 e. The van der Waals surface area contributed by atoms with Crippen molar-refractivity contribution in [2.75, 3.05) is 7.11 Å². The molecule has 1 atom stereocenters. The highest BCUT2D eigenvalue weighted by Crippen LogP contribution is 2.43. The van der Waals surface area contributed by atoms with Crippen LogP contribution in [0.15, 0.2) is 35.4 Å². The Morgan fingerprint density at radius 1 is 1.32 bits per heavy atom. The van der Waals surface area contributed by atoms with Crippen LogP contribution < -0.4 is 4.74 Å². The maximum absolute atomic E-state index is 10.9. The molecular weight excluding hydrogens is 272 g/mol. The van der Waals surface area contributed by atoms with Crippen molar-refractivity contribution in [2.45, 2.75) is 65.4 Å². The maximum atomic E-state index is 10.9. The number of hydrogen-bond donors (Lipinski definition) is 1. The number of hydrogen-bond acceptors (Lipinski definition) is 2. The molecule has 0 saturated carbocycles. The van der Waals surface area contributed by atoms with Crippen molar-refractivity contribution in [3.05, 3.63) is 41.0 Å². The molecule has 1 aromatic carbocycles. The summed E-state index contributed by atoms with van der Waals surface area (Å²) < 4.78 is 5.27. The van der Waals surface area contributed by atoms with Crippen molar-refractivity contribution in [1.29, 1.82) is 0 Å². The summed E-state index contributed by atoms with van der Waals surface area (Å²) in [5, 5.41) is 10.9.